The summed E-state index contributed by atoms with van der Waals surface area (Å²) in [5.74, 6) is -0.684. The third kappa shape index (κ3) is 9.67. The third-order valence-electron chi connectivity index (χ3n) is 4.13. The van der Waals surface area contributed by atoms with Gasteiger partial charge in [-0.05, 0) is 38.5 Å². The number of allylic oxidation sites excluding steroid dienone is 1. The minimum absolute atomic E-state index is 0.301. The maximum atomic E-state index is 10.4. The minimum Gasteiger partial charge on any atom is -0.481 e. The number of hydrogen-bond acceptors (Lipinski definition) is 2. The Morgan fingerprint density at radius 2 is 1.95 bits per heavy atom. The van der Waals surface area contributed by atoms with Gasteiger partial charge in [0.25, 0.3) is 0 Å². The van der Waals surface area contributed by atoms with Crippen molar-refractivity contribution < 1.29 is 14.6 Å². The second-order valence-electron chi connectivity index (χ2n) is 6.14. The number of carbonyl (C=O) groups is 1. The SMILES string of the molecule is CCCCCCC=CC1CCC(CCCCCC(=O)O)O1. The molecular weight excluding hydrogens is 264 g/mol. The molecule has 1 heterocycles. The van der Waals surface area contributed by atoms with Crippen molar-refractivity contribution in [3.05, 3.63) is 12.2 Å². The first-order valence-electron chi connectivity index (χ1n) is 8.76. The predicted octanol–water partition coefficient (Wildman–Crippen LogP) is 5.10. The summed E-state index contributed by atoms with van der Waals surface area (Å²) in [6.45, 7) is 2.24. The van der Waals surface area contributed by atoms with Crippen molar-refractivity contribution >= 4 is 5.97 Å². The molecule has 1 N–H and O–H groups in total. The molecule has 3 nitrogen and oxygen atoms in total. The summed E-state index contributed by atoms with van der Waals surface area (Å²) < 4.78 is 6.01. The van der Waals surface area contributed by atoms with E-state index in [2.05, 4.69) is 19.1 Å². The lowest BCUT2D eigenvalue weighted by molar-refractivity contribution is -0.137. The van der Waals surface area contributed by atoms with E-state index in [1.807, 2.05) is 0 Å². The highest BCUT2D eigenvalue weighted by molar-refractivity contribution is 5.66. The van der Waals surface area contributed by atoms with Gasteiger partial charge in [0, 0.05) is 6.42 Å². The zero-order chi connectivity index (χ0) is 15.3. The Morgan fingerprint density at radius 3 is 2.71 bits per heavy atom. The number of rotatable bonds is 12. The van der Waals surface area contributed by atoms with Crippen molar-refractivity contribution in [1.29, 1.82) is 0 Å². The van der Waals surface area contributed by atoms with Crippen molar-refractivity contribution in [2.75, 3.05) is 0 Å². The lowest BCUT2D eigenvalue weighted by Gasteiger charge is -2.11. The van der Waals surface area contributed by atoms with Gasteiger partial charge in [0.1, 0.15) is 0 Å². The molecular formula is C18H32O3. The summed E-state index contributed by atoms with van der Waals surface area (Å²) in [7, 11) is 0. The van der Waals surface area contributed by atoms with Crippen LogP contribution in [0, 0.1) is 0 Å². The van der Waals surface area contributed by atoms with E-state index in [1.165, 1.54) is 32.1 Å². The first kappa shape index (κ1) is 18.2. The van der Waals surface area contributed by atoms with Gasteiger partial charge in [-0.15, -0.1) is 0 Å². The number of carboxylic acid groups (broad SMARTS) is 1. The van der Waals surface area contributed by atoms with Gasteiger partial charge in [-0.25, -0.2) is 0 Å². The van der Waals surface area contributed by atoms with Crippen molar-refractivity contribution in [1.82, 2.24) is 0 Å². The van der Waals surface area contributed by atoms with Gasteiger partial charge in [0.05, 0.1) is 12.2 Å². The van der Waals surface area contributed by atoms with Crippen molar-refractivity contribution in [2.24, 2.45) is 0 Å². The van der Waals surface area contributed by atoms with Gasteiger partial charge in [0.2, 0.25) is 0 Å². The van der Waals surface area contributed by atoms with Crippen LogP contribution in [-0.4, -0.2) is 23.3 Å². The molecule has 3 heteroatoms. The van der Waals surface area contributed by atoms with Crippen LogP contribution in [0.2, 0.25) is 0 Å². The maximum Gasteiger partial charge on any atom is 0.303 e. The summed E-state index contributed by atoms with van der Waals surface area (Å²) >= 11 is 0. The summed E-state index contributed by atoms with van der Waals surface area (Å²) in [4.78, 5) is 10.4. The Labute approximate surface area is 129 Å². The second-order valence-corrected chi connectivity index (χ2v) is 6.14. The molecule has 1 saturated heterocycles. The van der Waals surface area contributed by atoms with Crippen molar-refractivity contribution in [3.63, 3.8) is 0 Å². The normalized spacial score (nSPS) is 22.1. The number of unbranched alkanes of at least 4 members (excludes halogenated alkanes) is 6. The fourth-order valence-corrected chi connectivity index (χ4v) is 2.85. The molecule has 1 aliphatic heterocycles. The van der Waals surface area contributed by atoms with Crippen molar-refractivity contribution in [3.8, 4) is 0 Å². The molecule has 0 aromatic heterocycles. The number of aliphatic carboxylic acids is 1. The molecule has 0 saturated carbocycles. The van der Waals surface area contributed by atoms with Crippen LogP contribution in [0.1, 0.15) is 84.0 Å². The van der Waals surface area contributed by atoms with E-state index in [-0.39, 0.29) is 0 Å². The zero-order valence-electron chi connectivity index (χ0n) is 13.6. The first-order valence-corrected chi connectivity index (χ1v) is 8.76. The molecule has 0 spiro atoms. The molecule has 1 rings (SSSR count). The molecule has 0 aromatic rings. The lowest BCUT2D eigenvalue weighted by atomic mass is 10.1. The Hall–Kier alpha value is -0.830. The molecule has 2 atom stereocenters. The fourth-order valence-electron chi connectivity index (χ4n) is 2.85. The third-order valence-corrected chi connectivity index (χ3v) is 4.13. The maximum absolute atomic E-state index is 10.4. The van der Waals surface area contributed by atoms with Crippen LogP contribution in [-0.2, 0) is 9.53 Å². The van der Waals surface area contributed by atoms with E-state index < -0.39 is 5.97 Å². The smallest absolute Gasteiger partial charge is 0.303 e. The highest BCUT2D eigenvalue weighted by Gasteiger charge is 2.22. The zero-order valence-corrected chi connectivity index (χ0v) is 13.6. The Kier molecular flexibility index (Phi) is 10.2. The van der Waals surface area contributed by atoms with E-state index in [1.54, 1.807) is 0 Å². The summed E-state index contributed by atoms with van der Waals surface area (Å²) in [6, 6.07) is 0. The van der Waals surface area contributed by atoms with Gasteiger partial charge in [-0.3, -0.25) is 4.79 Å². The second kappa shape index (κ2) is 11.8. The van der Waals surface area contributed by atoms with Crippen LogP contribution >= 0.6 is 0 Å². The van der Waals surface area contributed by atoms with Crippen molar-refractivity contribution in [2.45, 2.75) is 96.2 Å². The monoisotopic (exact) mass is 296 g/mol. The molecule has 0 amide bonds. The Balaban J connectivity index is 1.99. The highest BCUT2D eigenvalue weighted by atomic mass is 16.5. The van der Waals surface area contributed by atoms with Crippen LogP contribution in [0.5, 0.6) is 0 Å². The van der Waals surface area contributed by atoms with Crippen LogP contribution in [0.15, 0.2) is 12.2 Å². The number of carboxylic acids is 1. The molecule has 1 fully saturated rings. The molecule has 21 heavy (non-hydrogen) atoms. The molecule has 1 aliphatic rings. The Morgan fingerprint density at radius 1 is 1.14 bits per heavy atom. The topological polar surface area (TPSA) is 46.5 Å². The molecule has 2 unspecified atom stereocenters. The van der Waals surface area contributed by atoms with E-state index in [0.29, 0.717) is 18.6 Å². The predicted molar refractivity (Wildman–Crippen MR) is 86.5 cm³/mol. The average molecular weight is 296 g/mol. The van der Waals surface area contributed by atoms with Gasteiger partial charge in [-0.2, -0.15) is 0 Å². The van der Waals surface area contributed by atoms with E-state index in [9.17, 15) is 4.79 Å². The van der Waals surface area contributed by atoms with E-state index >= 15 is 0 Å². The fraction of sp³-hybridized carbons (Fsp3) is 0.833. The molecule has 122 valence electrons. The standard InChI is InChI=1S/C18H32O3/c1-2-3-4-5-6-8-11-16-14-15-17(21-16)12-9-7-10-13-18(19)20/h8,11,16-17H,2-7,9-10,12-15H2,1H3,(H,19,20). The van der Waals surface area contributed by atoms with E-state index in [4.69, 9.17) is 9.84 Å². The van der Waals surface area contributed by atoms with Gasteiger partial charge in [-0.1, -0.05) is 51.2 Å². The van der Waals surface area contributed by atoms with E-state index in [0.717, 1.165) is 38.5 Å². The number of hydrogen-bond donors (Lipinski definition) is 1. The molecule has 0 aliphatic carbocycles. The average Bonchev–Trinajstić information content (AvgIpc) is 2.90. The van der Waals surface area contributed by atoms with Gasteiger partial charge < -0.3 is 9.84 Å². The van der Waals surface area contributed by atoms with Crippen LogP contribution in [0.25, 0.3) is 0 Å². The number of ether oxygens (including phenoxy) is 1. The first-order chi connectivity index (χ1) is 10.2. The molecule has 0 bridgehead atoms. The van der Waals surface area contributed by atoms with Crippen LogP contribution in [0.4, 0.5) is 0 Å². The highest BCUT2D eigenvalue weighted by Crippen LogP contribution is 2.25. The minimum atomic E-state index is -0.684. The van der Waals surface area contributed by atoms with Crippen LogP contribution in [0.3, 0.4) is 0 Å². The summed E-state index contributed by atoms with van der Waals surface area (Å²) in [5.41, 5.74) is 0. The Bertz CT molecular complexity index is 299. The summed E-state index contributed by atoms with van der Waals surface area (Å²) in [5, 5.41) is 8.58. The van der Waals surface area contributed by atoms with Gasteiger partial charge in [0.15, 0.2) is 0 Å². The summed E-state index contributed by atoms with van der Waals surface area (Å²) in [6.07, 6.45) is 18.3. The van der Waals surface area contributed by atoms with Crippen LogP contribution < -0.4 is 0 Å². The quantitative estimate of drug-likeness (QED) is 0.403. The molecule has 0 aromatic carbocycles. The molecule has 0 radical (unpaired) electrons. The van der Waals surface area contributed by atoms with Gasteiger partial charge >= 0.3 is 5.97 Å². The largest absolute Gasteiger partial charge is 0.481 e. The lowest BCUT2D eigenvalue weighted by Crippen LogP contribution is -2.08.